The lowest BCUT2D eigenvalue weighted by atomic mass is 9.68. The van der Waals surface area contributed by atoms with Crippen LogP contribution in [0.4, 0.5) is 0 Å². The monoisotopic (exact) mass is 268 g/mol. The predicted molar refractivity (Wildman–Crippen MR) is 80.1 cm³/mol. The number of nitrogens with two attached hydrogens (primary N) is 1. The number of ether oxygens (including phenoxy) is 1. The van der Waals surface area contributed by atoms with Crippen molar-refractivity contribution in [1.29, 1.82) is 0 Å². The van der Waals surface area contributed by atoms with Crippen molar-refractivity contribution in [2.45, 2.75) is 52.0 Å². The first kappa shape index (κ1) is 15.3. The SMILES string of the molecule is CN(CCOCC1CC1)CC1CCCC(C)(C)C1N. The minimum absolute atomic E-state index is 0.312. The lowest BCUT2D eigenvalue weighted by molar-refractivity contribution is 0.0784. The van der Waals surface area contributed by atoms with E-state index < -0.39 is 0 Å². The van der Waals surface area contributed by atoms with Gasteiger partial charge in [-0.3, -0.25) is 0 Å². The Morgan fingerprint density at radius 3 is 2.68 bits per heavy atom. The highest BCUT2D eigenvalue weighted by atomic mass is 16.5. The average molecular weight is 268 g/mol. The first-order valence-electron chi connectivity index (χ1n) is 8.01. The molecule has 19 heavy (non-hydrogen) atoms. The summed E-state index contributed by atoms with van der Waals surface area (Å²) in [7, 11) is 2.20. The summed E-state index contributed by atoms with van der Waals surface area (Å²) in [5.74, 6) is 1.52. The highest BCUT2D eigenvalue weighted by molar-refractivity contribution is 4.92. The second-order valence-electron chi connectivity index (χ2n) is 7.45. The van der Waals surface area contributed by atoms with Gasteiger partial charge in [-0.05, 0) is 50.0 Å². The fourth-order valence-corrected chi connectivity index (χ4v) is 3.26. The van der Waals surface area contributed by atoms with E-state index in [0.717, 1.165) is 32.2 Å². The second kappa shape index (κ2) is 6.55. The van der Waals surface area contributed by atoms with Crippen LogP contribution in [0, 0.1) is 17.3 Å². The molecule has 0 heterocycles. The first-order valence-corrected chi connectivity index (χ1v) is 8.01. The lowest BCUT2D eigenvalue weighted by Gasteiger charge is -2.43. The second-order valence-corrected chi connectivity index (χ2v) is 7.45. The minimum atomic E-state index is 0.312. The van der Waals surface area contributed by atoms with Gasteiger partial charge in [0, 0.05) is 25.7 Å². The highest BCUT2D eigenvalue weighted by Crippen LogP contribution is 2.37. The molecule has 2 N–H and O–H groups in total. The predicted octanol–water partition coefficient (Wildman–Crippen LogP) is 2.50. The summed E-state index contributed by atoms with van der Waals surface area (Å²) in [6.45, 7) is 8.65. The van der Waals surface area contributed by atoms with Gasteiger partial charge < -0.3 is 15.4 Å². The number of likely N-dealkylation sites (N-methyl/N-ethyl adjacent to an activating group) is 1. The molecule has 112 valence electrons. The molecule has 0 spiro atoms. The molecule has 2 unspecified atom stereocenters. The minimum Gasteiger partial charge on any atom is -0.380 e. The standard InChI is InChI=1S/C16H32N2O/c1-16(2)8-4-5-14(15(16)17)11-18(3)9-10-19-12-13-6-7-13/h13-15H,4-12,17H2,1-3H3. The zero-order valence-electron chi connectivity index (χ0n) is 13.0. The smallest absolute Gasteiger partial charge is 0.0593 e. The van der Waals surface area contributed by atoms with Crippen LogP contribution in [0.15, 0.2) is 0 Å². The van der Waals surface area contributed by atoms with E-state index in [4.69, 9.17) is 10.5 Å². The molecule has 0 bridgehead atoms. The maximum atomic E-state index is 6.45. The number of hydrogen-bond acceptors (Lipinski definition) is 3. The van der Waals surface area contributed by atoms with Crippen LogP contribution in [0.1, 0.15) is 46.0 Å². The molecule has 3 heteroatoms. The van der Waals surface area contributed by atoms with Crippen LogP contribution < -0.4 is 5.73 Å². The number of rotatable bonds is 7. The van der Waals surface area contributed by atoms with Crippen LogP contribution in [-0.4, -0.2) is 44.3 Å². The highest BCUT2D eigenvalue weighted by Gasteiger charge is 2.36. The van der Waals surface area contributed by atoms with E-state index in [-0.39, 0.29) is 0 Å². The van der Waals surface area contributed by atoms with Crippen molar-refractivity contribution in [3.8, 4) is 0 Å². The van der Waals surface area contributed by atoms with Gasteiger partial charge in [0.2, 0.25) is 0 Å². The summed E-state index contributed by atoms with van der Waals surface area (Å²) >= 11 is 0. The summed E-state index contributed by atoms with van der Waals surface area (Å²) in [5.41, 5.74) is 6.76. The normalized spacial score (nSPS) is 30.8. The van der Waals surface area contributed by atoms with Crippen LogP contribution in [0.3, 0.4) is 0 Å². The van der Waals surface area contributed by atoms with Gasteiger partial charge in [0.1, 0.15) is 0 Å². The Hall–Kier alpha value is -0.120. The Kier molecular flexibility index (Phi) is 5.27. The fourth-order valence-electron chi connectivity index (χ4n) is 3.26. The van der Waals surface area contributed by atoms with E-state index in [1.807, 2.05) is 0 Å². The molecule has 0 aliphatic heterocycles. The molecule has 0 aromatic carbocycles. The molecule has 0 amide bonds. The average Bonchev–Trinajstić information content (AvgIpc) is 3.15. The van der Waals surface area contributed by atoms with Crippen LogP contribution >= 0.6 is 0 Å². The largest absolute Gasteiger partial charge is 0.380 e. The van der Waals surface area contributed by atoms with Crippen molar-refractivity contribution in [3.63, 3.8) is 0 Å². The van der Waals surface area contributed by atoms with Gasteiger partial charge in [0.15, 0.2) is 0 Å². The Morgan fingerprint density at radius 1 is 1.26 bits per heavy atom. The molecular weight excluding hydrogens is 236 g/mol. The van der Waals surface area contributed by atoms with Gasteiger partial charge in [-0.2, -0.15) is 0 Å². The Morgan fingerprint density at radius 2 is 2.00 bits per heavy atom. The van der Waals surface area contributed by atoms with Gasteiger partial charge in [-0.1, -0.05) is 20.3 Å². The Labute approximate surface area is 118 Å². The molecule has 2 aliphatic rings. The van der Waals surface area contributed by atoms with Gasteiger partial charge in [0.25, 0.3) is 0 Å². The van der Waals surface area contributed by atoms with Crippen LogP contribution in [0.25, 0.3) is 0 Å². The van der Waals surface area contributed by atoms with Crippen molar-refractivity contribution < 1.29 is 4.74 Å². The van der Waals surface area contributed by atoms with Crippen molar-refractivity contribution in [2.75, 3.05) is 33.4 Å². The summed E-state index contributed by atoms with van der Waals surface area (Å²) < 4.78 is 5.71. The van der Waals surface area contributed by atoms with Crippen LogP contribution in [0.5, 0.6) is 0 Å². The number of nitrogens with zero attached hydrogens (tertiary/aromatic N) is 1. The zero-order valence-corrected chi connectivity index (χ0v) is 13.0. The topological polar surface area (TPSA) is 38.5 Å². The summed E-state index contributed by atoms with van der Waals surface area (Å²) in [6, 6.07) is 0.344. The quantitative estimate of drug-likeness (QED) is 0.721. The van der Waals surface area contributed by atoms with Gasteiger partial charge in [0.05, 0.1) is 6.61 Å². The van der Waals surface area contributed by atoms with Gasteiger partial charge in [-0.15, -0.1) is 0 Å². The maximum Gasteiger partial charge on any atom is 0.0593 e. The number of hydrogen-bond donors (Lipinski definition) is 1. The first-order chi connectivity index (χ1) is 8.99. The van der Waals surface area contributed by atoms with E-state index in [0.29, 0.717) is 17.4 Å². The van der Waals surface area contributed by atoms with E-state index in [1.165, 1.54) is 32.1 Å². The molecule has 3 nitrogen and oxygen atoms in total. The zero-order chi connectivity index (χ0) is 13.9. The van der Waals surface area contributed by atoms with E-state index in [2.05, 4.69) is 25.8 Å². The lowest BCUT2D eigenvalue weighted by Crippen LogP contribution is -2.50. The Balaban J connectivity index is 1.64. The molecular formula is C16H32N2O. The molecule has 0 aromatic heterocycles. The third-order valence-electron chi connectivity index (χ3n) is 5.02. The molecule has 2 fully saturated rings. The van der Waals surface area contributed by atoms with Gasteiger partial charge >= 0.3 is 0 Å². The summed E-state index contributed by atoms with van der Waals surface area (Å²) in [6.07, 6.45) is 6.65. The molecule has 0 saturated heterocycles. The van der Waals surface area contributed by atoms with Crippen LogP contribution in [0.2, 0.25) is 0 Å². The molecule has 2 rings (SSSR count). The molecule has 0 aromatic rings. The van der Waals surface area contributed by atoms with Gasteiger partial charge in [-0.25, -0.2) is 0 Å². The Bertz CT molecular complexity index is 276. The molecule has 2 aliphatic carbocycles. The third-order valence-corrected chi connectivity index (χ3v) is 5.02. The van der Waals surface area contributed by atoms with Crippen molar-refractivity contribution >= 4 is 0 Å². The molecule has 2 saturated carbocycles. The fraction of sp³-hybridized carbons (Fsp3) is 1.00. The van der Waals surface area contributed by atoms with Crippen molar-refractivity contribution in [1.82, 2.24) is 4.90 Å². The molecule has 2 atom stereocenters. The van der Waals surface area contributed by atoms with E-state index in [1.54, 1.807) is 0 Å². The molecule has 0 radical (unpaired) electrons. The summed E-state index contributed by atoms with van der Waals surface area (Å²) in [5, 5.41) is 0. The van der Waals surface area contributed by atoms with Crippen LogP contribution in [-0.2, 0) is 4.74 Å². The van der Waals surface area contributed by atoms with Crippen molar-refractivity contribution in [3.05, 3.63) is 0 Å². The summed E-state index contributed by atoms with van der Waals surface area (Å²) in [4.78, 5) is 2.40. The third kappa shape index (κ3) is 4.73. The maximum absolute atomic E-state index is 6.45. The van der Waals surface area contributed by atoms with E-state index in [9.17, 15) is 0 Å². The van der Waals surface area contributed by atoms with Crippen molar-refractivity contribution in [2.24, 2.45) is 23.0 Å². The van der Waals surface area contributed by atoms with E-state index >= 15 is 0 Å².